The molecule has 0 saturated carbocycles. The molecule has 0 bridgehead atoms. The van der Waals surface area contributed by atoms with Crippen LogP contribution in [0.5, 0.6) is 5.75 Å². The summed E-state index contributed by atoms with van der Waals surface area (Å²) in [6, 6.07) is 7.45. The second-order valence-electron chi connectivity index (χ2n) is 3.11. The molecule has 0 fully saturated rings. The fourth-order valence-corrected chi connectivity index (χ4v) is 1.25. The zero-order chi connectivity index (χ0) is 10.2. The third-order valence-electron chi connectivity index (χ3n) is 1.90. The van der Waals surface area contributed by atoms with Crippen LogP contribution in [0.15, 0.2) is 24.3 Å². The highest BCUT2D eigenvalue weighted by Crippen LogP contribution is 2.15. The second-order valence-corrected chi connectivity index (χ2v) is 3.55. The first-order valence-corrected chi connectivity index (χ1v) is 5.23. The molecular formula is C11H17Cl2NO. The van der Waals surface area contributed by atoms with Gasteiger partial charge < -0.3 is 10.1 Å². The largest absolute Gasteiger partial charge is 0.494 e. The van der Waals surface area contributed by atoms with E-state index in [0.717, 1.165) is 36.8 Å². The molecule has 4 heteroatoms. The van der Waals surface area contributed by atoms with Crippen molar-refractivity contribution in [1.29, 1.82) is 0 Å². The maximum absolute atomic E-state index is 5.75. The Hall–Kier alpha value is -0.440. The Morgan fingerprint density at radius 1 is 1.20 bits per heavy atom. The van der Waals surface area contributed by atoms with E-state index < -0.39 is 0 Å². The Balaban J connectivity index is 0.00000196. The van der Waals surface area contributed by atoms with Gasteiger partial charge in [-0.2, -0.15) is 0 Å². The molecule has 0 aliphatic heterocycles. The standard InChI is InChI=1S/C11H16ClNO.ClH/c1-13-8-2-3-9-14-11-6-4-10(12)5-7-11;/h4-7,13H,2-3,8-9H2,1H3;1H. The van der Waals surface area contributed by atoms with Crippen molar-refractivity contribution >= 4 is 24.0 Å². The average molecular weight is 250 g/mol. The van der Waals surface area contributed by atoms with Crippen molar-refractivity contribution in [2.75, 3.05) is 20.2 Å². The molecule has 1 aromatic carbocycles. The van der Waals surface area contributed by atoms with Crippen molar-refractivity contribution in [3.63, 3.8) is 0 Å². The highest BCUT2D eigenvalue weighted by atomic mass is 35.5. The Morgan fingerprint density at radius 3 is 2.47 bits per heavy atom. The second kappa shape index (κ2) is 8.84. The van der Waals surface area contributed by atoms with Crippen molar-refractivity contribution in [2.24, 2.45) is 0 Å². The van der Waals surface area contributed by atoms with Crippen molar-refractivity contribution < 1.29 is 4.74 Å². The summed E-state index contributed by atoms with van der Waals surface area (Å²) < 4.78 is 5.52. The van der Waals surface area contributed by atoms with Crippen LogP contribution in [0.2, 0.25) is 5.02 Å². The summed E-state index contributed by atoms with van der Waals surface area (Å²) in [7, 11) is 1.96. The summed E-state index contributed by atoms with van der Waals surface area (Å²) in [4.78, 5) is 0. The summed E-state index contributed by atoms with van der Waals surface area (Å²) in [5, 5.41) is 3.84. The number of halogens is 2. The maximum Gasteiger partial charge on any atom is 0.119 e. The lowest BCUT2D eigenvalue weighted by atomic mass is 10.3. The van der Waals surface area contributed by atoms with Gasteiger partial charge in [-0.25, -0.2) is 0 Å². The monoisotopic (exact) mass is 249 g/mol. The molecule has 1 aromatic rings. The zero-order valence-corrected chi connectivity index (χ0v) is 10.4. The molecule has 0 atom stereocenters. The fraction of sp³-hybridized carbons (Fsp3) is 0.455. The van der Waals surface area contributed by atoms with Crippen molar-refractivity contribution in [3.8, 4) is 5.75 Å². The smallest absolute Gasteiger partial charge is 0.119 e. The molecule has 0 radical (unpaired) electrons. The van der Waals surface area contributed by atoms with Crippen molar-refractivity contribution in [1.82, 2.24) is 5.32 Å². The first-order valence-electron chi connectivity index (χ1n) is 4.86. The summed E-state index contributed by atoms with van der Waals surface area (Å²) in [6.07, 6.45) is 2.22. The van der Waals surface area contributed by atoms with E-state index in [4.69, 9.17) is 16.3 Å². The third-order valence-corrected chi connectivity index (χ3v) is 2.16. The molecule has 2 nitrogen and oxygen atoms in total. The van der Waals surface area contributed by atoms with Crippen LogP contribution >= 0.6 is 24.0 Å². The summed E-state index contributed by atoms with van der Waals surface area (Å²) in [6.45, 7) is 1.81. The number of rotatable bonds is 6. The molecule has 1 N–H and O–H groups in total. The molecule has 86 valence electrons. The Kier molecular flexibility index (Phi) is 8.58. The molecule has 1 rings (SSSR count). The quantitative estimate of drug-likeness (QED) is 0.783. The minimum atomic E-state index is 0. The minimum absolute atomic E-state index is 0. The molecule has 0 saturated heterocycles. The molecule has 0 spiro atoms. The zero-order valence-electron chi connectivity index (χ0n) is 8.83. The number of hydrogen-bond donors (Lipinski definition) is 1. The van der Waals surface area contributed by atoms with E-state index in [-0.39, 0.29) is 12.4 Å². The summed E-state index contributed by atoms with van der Waals surface area (Å²) in [5.74, 6) is 0.888. The molecule has 0 aromatic heterocycles. The molecule has 0 aliphatic rings. The predicted molar refractivity (Wildman–Crippen MR) is 67.4 cm³/mol. The minimum Gasteiger partial charge on any atom is -0.494 e. The van der Waals surface area contributed by atoms with Crippen LogP contribution in [0.1, 0.15) is 12.8 Å². The van der Waals surface area contributed by atoms with Crippen molar-refractivity contribution in [2.45, 2.75) is 12.8 Å². The van der Waals surface area contributed by atoms with Crippen LogP contribution in [-0.2, 0) is 0 Å². The van der Waals surface area contributed by atoms with Gasteiger partial charge >= 0.3 is 0 Å². The van der Waals surface area contributed by atoms with Gasteiger partial charge in [0.15, 0.2) is 0 Å². The van der Waals surface area contributed by atoms with Gasteiger partial charge in [0.2, 0.25) is 0 Å². The molecule has 0 heterocycles. The highest BCUT2D eigenvalue weighted by Gasteiger charge is 1.93. The van der Waals surface area contributed by atoms with Gasteiger partial charge in [0.25, 0.3) is 0 Å². The lowest BCUT2D eigenvalue weighted by Gasteiger charge is -2.05. The first-order chi connectivity index (χ1) is 6.83. The van der Waals surface area contributed by atoms with E-state index in [1.54, 1.807) is 0 Å². The van der Waals surface area contributed by atoms with Gasteiger partial charge in [0, 0.05) is 5.02 Å². The van der Waals surface area contributed by atoms with Gasteiger partial charge in [-0.05, 0) is 50.7 Å². The third kappa shape index (κ3) is 6.61. The van der Waals surface area contributed by atoms with E-state index in [0.29, 0.717) is 0 Å². The number of ether oxygens (including phenoxy) is 1. The van der Waals surface area contributed by atoms with E-state index in [2.05, 4.69) is 5.32 Å². The molecule has 0 unspecified atom stereocenters. The van der Waals surface area contributed by atoms with E-state index in [1.165, 1.54) is 0 Å². The molecule has 15 heavy (non-hydrogen) atoms. The van der Waals surface area contributed by atoms with Gasteiger partial charge in [-0.3, -0.25) is 0 Å². The van der Waals surface area contributed by atoms with Crippen LogP contribution in [0, 0.1) is 0 Å². The number of benzene rings is 1. The SMILES string of the molecule is CNCCCCOc1ccc(Cl)cc1.Cl. The predicted octanol–water partition coefficient (Wildman–Crippen LogP) is 3.14. The first kappa shape index (κ1) is 14.6. The Morgan fingerprint density at radius 2 is 1.87 bits per heavy atom. The van der Waals surface area contributed by atoms with E-state index >= 15 is 0 Å². The van der Waals surface area contributed by atoms with E-state index in [9.17, 15) is 0 Å². The summed E-state index contributed by atoms with van der Waals surface area (Å²) in [5.41, 5.74) is 0. The number of hydrogen-bond acceptors (Lipinski definition) is 2. The fourth-order valence-electron chi connectivity index (χ4n) is 1.12. The van der Waals surface area contributed by atoms with Gasteiger partial charge in [0.05, 0.1) is 6.61 Å². The van der Waals surface area contributed by atoms with Crippen LogP contribution < -0.4 is 10.1 Å². The summed E-state index contributed by atoms with van der Waals surface area (Å²) >= 11 is 5.75. The Bertz CT molecular complexity index is 251. The van der Waals surface area contributed by atoms with Gasteiger partial charge in [-0.1, -0.05) is 11.6 Å². The van der Waals surface area contributed by atoms with E-state index in [1.807, 2.05) is 31.3 Å². The normalized spacial score (nSPS) is 9.47. The average Bonchev–Trinajstić information content (AvgIpc) is 2.21. The lowest BCUT2D eigenvalue weighted by molar-refractivity contribution is 0.306. The molecule has 0 aliphatic carbocycles. The molecule has 0 amide bonds. The van der Waals surface area contributed by atoms with Crippen LogP contribution in [0.4, 0.5) is 0 Å². The number of nitrogens with one attached hydrogen (secondary N) is 1. The van der Waals surface area contributed by atoms with Crippen LogP contribution in [0.25, 0.3) is 0 Å². The topological polar surface area (TPSA) is 21.3 Å². The number of unbranched alkanes of at least 4 members (excludes halogenated alkanes) is 1. The maximum atomic E-state index is 5.75. The molecular weight excluding hydrogens is 233 g/mol. The Labute approximate surface area is 102 Å². The van der Waals surface area contributed by atoms with Gasteiger partial charge in [-0.15, -0.1) is 12.4 Å². The van der Waals surface area contributed by atoms with Crippen LogP contribution in [-0.4, -0.2) is 20.2 Å². The van der Waals surface area contributed by atoms with Gasteiger partial charge in [0.1, 0.15) is 5.75 Å². The lowest BCUT2D eigenvalue weighted by Crippen LogP contribution is -2.09. The highest BCUT2D eigenvalue weighted by molar-refractivity contribution is 6.30. The van der Waals surface area contributed by atoms with Crippen LogP contribution in [0.3, 0.4) is 0 Å². The van der Waals surface area contributed by atoms with Crippen molar-refractivity contribution in [3.05, 3.63) is 29.3 Å².